The van der Waals surface area contributed by atoms with E-state index in [2.05, 4.69) is 18.7 Å². The van der Waals surface area contributed by atoms with Crippen molar-refractivity contribution in [3.63, 3.8) is 0 Å². The summed E-state index contributed by atoms with van der Waals surface area (Å²) in [5.41, 5.74) is 2.01. The van der Waals surface area contributed by atoms with Crippen LogP contribution in [0.15, 0.2) is 18.2 Å². The third kappa shape index (κ3) is 5.21. The molecule has 3 heteroatoms. The second-order valence-electron chi connectivity index (χ2n) is 5.71. The Morgan fingerprint density at radius 3 is 2.58 bits per heavy atom. The molecule has 1 aromatic rings. The number of likely N-dealkylation sites (N-methyl/N-ethyl adjacent to an activating group) is 1. The van der Waals surface area contributed by atoms with Gasteiger partial charge in [-0.15, -0.1) is 0 Å². The first-order chi connectivity index (χ1) is 8.93. The van der Waals surface area contributed by atoms with Crippen LogP contribution < -0.4 is 4.74 Å². The van der Waals surface area contributed by atoms with Gasteiger partial charge in [0.2, 0.25) is 0 Å². The van der Waals surface area contributed by atoms with Crippen molar-refractivity contribution < 1.29 is 9.84 Å². The number of aryl methyl sites for hydroxylation is 1. The van der Waals surface area contributed by atoms with Crippen molar-refractivity contribution in [2.24, 2.45) is 5.92 Å². The molecule has 1 rings (SSSR count). The van der Waals surface area contributed by atoms with Gasteiger partial charge in [0.05, 0.1) is 13.2 Å². The van der Waals surface area contributed by atoms with E-state index in [1.807, 2.05) is 32.2 Å². The van der Waals surface area contributed by atoms with Gasteiger partial charge in [0.15, 0.2) is 0 Å². The molecule has 0 saturated carbocycles. The molecule has 1 N–H and O–H groups in total. The van der Waals surface area contributed by atoms with Crippen LogP contribution in [0.1, 0.15) is 37.5 Å². The van der Waals surface area contributed by atoms with Gasteiger partial charge < -0.3 is 14.7 Å². The summed E-state index contributed by atoms with van der Waals surface area (Å²) < 4.78 is 5.32. The summed E-state index contributed by atoms with van der Waals surface area (Å²) in [7, 11) is 3.69. The van der Waals surface area contributed by atoms with Crippen LogP contribution in [0.5, 0.6) is 5.75 Å². The minimum absolute atomic E-state index is 0.507. The number of ether oxygens (including phenoxy) is 1. The van der Waals surface area contributed by atoms with Gasteiger partial charge in [0, 0.05) is 12.1 Å². The highest BCUT2D eigenvalue weighted by Gasteiger charge is 2.15. The average molecular weight is 265 g/mol. The molecular weight excluding hydrogens is 238 g/mol. The number of aliphatic hydroxyl groups excluding tert-OH is 1. The van der Waals surface area contributed by atoms with Gasteiger partial charge in [-0.05, 0) is 45.0 Å². The lowest BCUT2D eigenvalue weighted by Gasteiger charge is -2.23. The standard InChI is InChI=1S/C16H27NO2/c1-12(2)8-9-17(4)11-15(18)14-10-13(3)6-7-16(14)19-5/h6-7,10,12,15,18H,8-9,11H2,1-5H3. The fraction of sp³-hybridized carbons (Fsp3) is 0.625. The Morgan fingerprint density at radius 1 is 1.32 bits per heavy atom. The highest BCUT2D eigenvalue weighted by molar-refractivity contribution is 5.38. The normalized spacial score (nSPS) is 13.1. The van der Waals surface area contributed by atoms with Crippen LogP contribution in [0, 0.1) is 12.8 Å². The zero-order chi connectivity index (χ0) is 14.4. The van der Waals surface area contributed by atoms with E-state index < -0.39 is 6.10 Å². The molecule has 0 saturated heterocycles. The number of hydrogen-bond acceptors (Lipinski definition) is 3. The van der Waals surface area contributed by atoms with Crippen molar-refractivity contribution in [1.82, 2.24) is 4.90 Å². The third-order valence-electron chi connectivity index (χ3n) is 3.32. The SMILES string of the molecule is COc1ccc(C)cc1C(O)CN(C)CCC(C)C. The van der Waals surface area contributed by atoms with E-state index in [-0.39, 0.29) is 0 Å². The highest BCUT2D eigenvalue weighted by atomic mass is 16.5. The molecule has 0 radical (unpaired) electrons. The van der Waals surface area contributed by atoms with E-state index in [1.54, 1.807) is 7.11 Å². The minimum atomic E-state index is -0.507. The number of nitrogens with zero attached hydrogens (tertiary/aromatic N) is 1. The van der Waals surface area contributed by atoms with E-state index >= 15 is 0 Å². The molecule has 1 atom stereocenters. The third-order valence-corrected chi connectivity index (χ3v) is 3.32. The number of methoxy groups -OCH3 is 1. The van der Waals surface area contributed by atoms with Crippen LogP contribution in [0.3, 0.4) is 0 Å². The lowest BCUT2D eigenvalue weighted by Crippen LogP contribution is -2.26. The number of benzene rings is 1. The quantitative estimate of drug-likeness (QED) is 0.822. The molecule has 0 aliphatic carbocycles. The summed E-state index contributed by atoms with van der Waals surface area (Å²) in [6.45, 7) is 8.09. The minimum Gasteiger partial charge on any atom is -0.496 e. The molecule has 0 bridgehead atoms. The summed E-state index contributed by atoms with van der Waals surface area (Å²) in [5, 5.41) is 10.4. The lowest BCUT2D eigenvalue weighted by atomic mass is 10.0. The average Bonchev–Trinajstić information content (AvgIpc) is 2.36. The zero-order valence-corrected chi connectivity index (χ0v) is 12.8. The van der Waals surface area contributed by atoms with Crippen LogP contribution >= 0.6 is 0 Å². The molecule has 0 heterocycles. The van der Waals surface area contributed by atoms with Gasteiger partial charge in [0.25, 0.3) is 0 Å². The fourth-order valence-corrected chi connectivity index (χ4v) is 2.08. The Hall–Kier alpha value is -1.06. The largest absolute Gasteiger partial charge is 0.496 e. The molecule has 0 spiro atoms. The maximum Gasteiger partial charge on any atom is 0.124 e. The van der Waals surface area contributed by atoms with Gasteiger partial charge >= 0.3 is 0 Å². The molecule has 19 heavy (non-hydrogen) atoms. The summed E-state index contributed by atoms with van der Waals surface area (Å²) >= 11 is 0. The maximum absolute atomic E-state index is 10.4. The Morgan fingerprint density at radius 2 is 2.00 bits per heavy atom. The van der Waals surface area contributed by atoms with E-state index in [9.17, 15) is 5.11 Å². The lowest BCUT2D eigenvalue weighted by molar-refractivity contribution is 0.121. The van der Waals surface area contributed by atoms with E-state index in [0.29, 0.717) is 12.5 Å². The van der Waals surface area contributed by atoms with Crippen molar-refractivity contribution >= 4 is 0 Å². The van der Waals surface area contributed by atoms with E-state index in [1.165, 1.54) is 0 Å². The predicted octanol–water partition coefficient (Wildman–Crippen LogP) is 3.01. The molecular formula is C16H27NO2. The number of aliphatic hydroxyl groups is 1. The number of hydrogen-bond donors (Lipinski definition) is 1. The Labute approximate surface area is 117 Å². The zero-order valence-electron chi connectivity index (χ0n) is 12.8. The smallest absolute Gasteiger partial charge is 0.124 e. The Balaban J connectivity index is 2.66. The van der Waals surface area contributed by atoms with E-state index in [0.717, 1.165) is 29.8 Å². The van der Waals surface area contributed by atoms with Gasteiger partial charge in [-0.2, -0.15) is 0 Å². The second kappa shape index (κ2) is 7.51. The van der Waals surface area contributed by atoms with Crippen molar-refractivity contribution in [3.8, 4) is 5.75 Å². The topological polar surface area (TPSA) is 32.7 Å². The Kier molecular flexibility index (Phi) is 6.32. The summed E-state index contributed by atoms with van der Waals surface area (Å²) in [4.78, 5) is 2.17. The maximum atomic E-state index is 10.4. The van der Waals surface area contributed by atoms with Gasteiger partial charge in [-0.3, -0.25) is 0 Å². The summed E-state index contributed by atoms with van der Waals surface area (Å²) in [5.74, 6) is 1.45. The molecule has 1 unspecified atom stereocenters. The molecule has 0 amide bonds. The van der Waals surface area contributed by atoms with Crippen molar-refractivity contribution in [1.29, 1.82) is 0 Å². The van der Waals surface area contributed by atoms with Crippen molar-refractivity contribution in [3.05, 3.63) is 29.3 Å². The fourth-order valence-electron chi connectivity index (χ4n) is 2.08. The molecule has 1 aromatic carbocycles. The van der Waals surface area contributed by atoms with Crippen molar-refractivity contribution in [2.45, 2.75) is 33.3 Å². The van der Waals surface area contributed by atoms with Gasteiger partial charge in [0.1, 0.15) is 5.75 Å². The van der Waals surface area contributed by atoms with Gasteiger partial charge in [-0.25, -0.2) is 0 Å². The predicted molar refractivity (Wildman–Crippen MR) is 79.6 cm³/mol. The van der Waals surface area contributed by atoms with Crippen LogP contribution in [-0.2, 0) is 0 Å². The monoisotopic (exact) mass is 265 g/mol. The highest BCUT2D eigenvalue weighted by Crippen LogP contribution is 2.26. The molecule has 0 aliphatic rings. The first kappa shape index (κ1) is 16.0. The van der Waals surface area contributed by atoms with E-state index in [4.69, 9.17) is 4.74 Å². The Bertz CT molecular complexity index is 390. The molecule has 0 aliphatic heterocycles. The van der Waals surface area contributed by atoms with Crippen LogP contribution in [-0.4, -0.2) is 37.3 Å². The molecule has 0 fully saturated rings. The second-order valence-corrected chi connectivity index (χ2v) is 5.71. The molecule has 3 nitrogen and oxygen atoms in total. The summed E-state index contributed by atoms with van der Waals surface area (Å²) in [6, 6.07) is 5.92. The van der Waals surface area contributed by atoms with Gasteiger partial charge in [-0.1, -0.05) is 25.5 Å². The molecule has 0 aromatic heterocycles. The van der Waals surface area contributed by atoms with Crippen LogP contribution in [0.25, 0.3) is 0 Å². The van der Waals surface area contributed by atoms with Crippen molar-refractivity contribution in [2.75, 3.05) is 27.2 Å². The van der Waals surface area contributed by atoms with Crippen LogP contribution in [0.2, 0.25) is 0 Å². The summed E-state index contributed by atoms with van der Waals surface area (Å²) in [6.07, 6.45) is 0.640. The first-order valence-electron chi connectivity index (χ1n) is 6.95. The first-order valence-corrected chi connectivity index (χ1v) is 6.95. The van der Waals surface area contributed by atoms with Crippen LogP contribution in [0.4, 0.5) is 0 Å². The number of rotatable bonds is 7. The molecule has 108 valence electrons.